The summed E-state index contributed by atoms with van der Waals surface area (Å²) < 4.78 is 23.1. The number of benzene rings is 1. The molecule has 2 unspecified atom stereocenters. The Bertz CT molecular complexity index is 732. The minimum Gasteiger partial charge on any atom is -0.351 e. The molecule has 1 fully saturated rings. The van der Waals surface area contributed by atoms with E-state index >= 15 is 0 Å². The minimum atomic E-state index is -3.07. The molecule has 25 heavy (non-hydrogen) atoms. The molecule has 8 heteroatoms. The second kappa shape index (κ2) is 8.19. The van der Waals surface area contributed by atoms with Gasteiger partial charge in [0, 0.05) is 16.6 Å². The largest absolute Gasteiger partial charge is 0.351 e. The van der Waals surface area contributed by atoms with Crippen molar-refractivity contribution in [2.45, 2.75) is 38.8 Å². The normalized spacial score (nSPS) is 20.2. The summed E-state index contributed by atoms with van der Waals surface area (Å²) in [5.74, 6) is -0.481. The smallest absolute Gasteiger partial charge is 0.251 e. The number of amides is 2. The molecule has 6 nitrogen and oxygen atoms in total. The first-order valence-corrected chi connectivity index (χ1v) is 10.4. The zero-order chi connectivity index (χ0) is 18.6. The maximum absolute atomic E-state index is 12.5. The zero-order valence-electron chi connectivity index (χ0n) is 14.3. The first-order chi connectivity index (χ1) is 11.7. The van der Waals surface area contributed by atoms with E-state index in [1.165, 1.54) is 0 Å². The summed E-state index contributed by atoms with van der Waals surface area (Å²) in [7, 11) is -3.07. The number of hydrogen-bond donors (Lipinski definition) is 2. The van der Waals surface area contributed by atoms with Crippen LogP contribution in [0, 0.1) is 5.92 Å². The Kier molecular flexibility index (Phi) is 6.46. The summed E-state index contributed by atoms with van der Waals surface area (Å²) in [4.78, 5) is 24.9. The van der Waals surface area contributed by atoms with Crippen LogP contribution in [-0.4, -0.2) is 43.8 Å². The molecule has 0 radical (unpaired) electrons. The Morgan fingerprint density at radius 3 is 2.40 bits per heavy atom. The van der Waals surface area contributed by atoms with E-state index in [0.717, 1.165) is 0 Å². The van der Waals surface area contributed by atoms with E-state index in [1.807, 2.05) is 13.8 Å². The van der Waals surface area contributed by atoms with Crippen molar-refractivity contribution in [3.63, 3.8) is 0 Å². The lowest BCUT2D eigenvalue weighted by Crippen LogP contribution is -2.50. The van der Waals surface area contributed by atoms with E-state index in [-0.39, 0.29) is 35.3 Å². The van der Waals surface area contributed by atoms with Gasteiger partial charge in [0.05, 0.1) is 11.5 Å². The average Bonchev–Trinajstić information content (AvgIpc) is 2.85. The molecule has 2 rings (SSSR count). The molecule has 2 N–H and O–H groups in total. The van der Waals surface area contributed by atoms with Crippen molar-refractivity contribution in [1.82, 2.24) is 10.6 Å². The van der Waals surface area contributed by atoms with Gasteiger partial charge in [0.15, 0.2) is 9.84 Å². The van der Waals surface area contributed by atoms with Gasteiger partial charge in [-0.1, -0.05) is 25.4 Å². The zero-order valence-corrected chi connectivity index (χ0v) is 15.9. The molecule has 0 aliphatic carbocycles. The molecule has 0 bridgehead atoms. The van der Waals surface area contributed by atoms with Gasteiger partial charge in [-0.3, -0.25) is 9.59 Å². The quantitative estimate of drug-likeness (QED) is 0.779. The predicted molar refractivity (Wildman–Crippen MR) is 97.4 cm³/mol. The number of nitrogens with one attached hydrogen (secondary N) is 2. The van der Waals surface area contributed by atoms with E-state index in [1.54, 1.807) is 24.3 Å². The summed E-state index contributed by atoms with van der Waals surface area (Å²) in [5.41, 5.74) is 0.411. The third kappa shape index (κ3) is 6.01. The highest BCUT2D eigenvalue weighted by molar-refractivity contribution is 7.91. The highest BCUT2D eigenvalue weighted by atomic mass is 35.5. The maximum atomic E-state index is 12.5. The summed E-state index contributed by atoms with van der Waals surface area (Å²) in [5, 5.41) is 6.01. The number of carbonyl (C=O) groups is 2. The van der Waals surface area contributed by atoms with Crippen LogP contribution in [0.2, 0.25) is 5.02 Å². The highest BCUT2D eigenvalue weighted by Gasteiger charge is 2.31. The lowest BCUT2D eigenvalue weighted by Gasteiger charge is -2.22. The van der Waals surface area contributed by atoms with Crippen LogP contribution in [0.15, 0.2) is 24.3 Å². The Morgan fingerprint density at radius 1 is 1.24 bits per heavy atom. The van der Waals surface area contributed by atoms with Crippen molar-refractivity contribution in [3.8, 4) is 0 Å². The van der Waals surface area contributed by atoms with Crippen molar-refractivity contribution in [2.75, 3.05) is 11.5 Å². The molecule has 2 atom stereocenters. The van der Waals surface area contributed by atoms with Gasteiger partial charge in [-0.2, -0.15) is 0 Å². The van der Waals surface area contributed by atoms with Gasteiger partial charge >= 0.3 is 0 Å². The number of rotatable bonds is 6. The fourth-order valence-corrected chi connectivity index (χ4v) is 4.56. The van der Waals surface area contributed by atoms with Crippen LogP contribution in [0.25, 0.3) is 0 Å². The summed E-state index contributed by atoms with van der Waals surface area (Å²) >= 11 is 5.81. The second-order valence-corrected chi connectivity index (χ2v) is 9.44. The van der Waals surface area contributed by atoms with Crippen LogP contribution in [0.3, 0.4) is 0 Å². The fraction of sp³-hybridized carbons (Fsp3) is 0.529. The SMILES string of the molecule is CC(C)CC(NC(=O)c1ccc(Cl)cc1)C(=O)NC1CCS(=O)(=O)C1. The fourth-order valence-electron chi connectivity index (χ4n) is 2.76. The molecular formula is C17H23ClN2O4S. The van der Waals surface area contributed by atoms with Crippen LogP contribution in [-0.2, 0) is 14.6 Å². The Labute approximate surface area is 153 Å². The first kappa shape index (κ1) is 19.7. The van der Waals surface area contributed by atoms with Gasteiger partial charge in [-0.05, 0) is 43.0 Å². The molecular weight excluding hydrogens is 364 g/mol. The van der Waals surface area contributed by atoms with Gasteiger partial charge in [0.25, 0.3) is 5.91 Å². The predicted octanol–water partition coefficient (Wildman–Crippen LogP) is 1.79. The molecule has 0 saturated carbocycles. The second-order valence-electron chi connectivity index (χ2n) is 6.77. The molecule has 1 aliphatic rings. The summed E-state index contributed by atoms with van der Waals surface area (Å²) in [6.07, 6.45) is 0.873. The molecule has 1 saturated heterocycles. The number of sulfone groups is 1. The average molecular weight is 387 g/mol. The molecule has 0 spiro atoms. The lowest BCUT2D eigenvalue weighted by atomic mass is 10.0. The number of hydrogen-bond acceptors (Lipinski definition) is 4. The monoisotopic (exact) mass is 386 g/mol. The molecule has 1 aromatic carbocycles. The van der Waals surface area contributed by atoms with E-state index < -0.39 is 15.9 Å². The van der Waals surface area contributed by atoms with Gasteiger partial charge in [-0.15, -0.1) is 0 Å². The van der Waals surface area contributed by atoms with E-state index in [9.17, 15) is 18.0 Å². The van der Waals surface area contributed by atoms with E-state index in [0.29, 0.717) is 23.4 Å². The van der Waals surface area contributed by atoms with Gasteiger partial charge in [0.2, 0.25) is 5.91 Å². The standard InChI is InChI=1S/C17H23ClN2O4S/c1-11(2)9-15(17(22)19-14-7-8-25(23,24)10-14)20-16(21)12-3-5-13(18)6-4-12/h3-6,11,14-15H,7-10H2,1-2H3,(H,19,22)(H,20,21). The topological polar surface area (TPSA) is 92.3 Å². The van der Waals surface area contributed by atoms with Crippen molar-refractivity contribution in [3.05, 3.63) is 34.9 Å². The molecule has 138 valence electrons. The Balaban J connectivity index is 2.03. The minimum absolute atomic E-state index is 0.0434. The molecule has 1 heterocycles. The molecule has 1 aliphatic heterocycles. The third-order valence-corrected chi connectivity index (χ3v) is 6.03. The molecule has 1 aromatic rings. The molecule has 2 amide bonds. The van der Waals surface area contributed by atoms with Crippen LogP contribution >= 0.6 is 11.6 Å². The van der Waals surface area contributed by atoms with Crippen molar-refractivity contribution >= 4 is 33.3 Å². The van der Waals surface area contributed by atoms with Gasteiger partial charge < -0.3 is 10.6 Å². The van der Waals surface area contributed by atoms with E-state index in [2.05, 4.69) is 10.6 Å². The molecule has 0 aromatic heterocycles. The number of carbonyl (C=O) groups excluding carboxylic acids is 2. The van der Waals surface area contributed by atoms with Crippen LogP contribution < -0.4 is 10.6 Å². The van der Waals surface area contributed by atoms with Crippen LogP contribution in [0.1, 0.15) is 37.0 Å². The Hall–Kier alpha value is -1.60. The number of halogens is 1. The van der Waals surface area contributed by atoms with Crippen LogP contribution in [0.5, 0.6) is 0 Å². The van der Waals surface area contributed by atoms with E-state index in [4.69, 9.17) is 11.6 Å². The Morgan fingerprint density at radius 2 is 1.88 bits per heavy atom. The van der Waals surface area contributed by atoms with Crippen molar-refractivity contribution in [1.29, 1.82) is 0 Å². The maximum Gasteiger partial charge on any atom is 0.251 e. The third-order valence-electron chi connectivity index (χ3n) is 4.01. The summed E-state index contributed by atoms with van der Waals surface area (Å²) in [6, 6.07) is 5.29. The highest BCUT2D eigenvalue weighted by Crippen LogP contribution is 2.14. The van der Waals surface area contributed by atoms with Gasteiger partial charge in [-0.25, -0.2) is 8.42 Å². The first-order valence-electron chi connectivity index (χ1n) is 8.23. The summed E-state index contributed by atoms with van der Waals surface area (Å²) in [6.45, 7) is 3.91. The van der Waals surface area contributed by atoms with Crippen LogP contribution in [0.4, 0.5) is 0 Å². The lowest BCUT2D eigenvalue weighted by molar-refractivity contribution is -0.123. The van der Waals surface area contributed by atoms with Gasteiger partial charge in [0.1, 0.15) is 6.04 Å². The van der Waals surface area contributed by atoms with Crippen molar-refractivity contribution in [2.24, 2.45) is 5.92 Å². The van der Waals surface area contributed by atoms with Crippen molar-refractivity contribution < 1.29 is 18.0 Å².